The molecule has 0 radical (unpaired) electrons. The average Bonchev–Trinajstić information content (AvgIpc) is 3.35. The van der Waals surface area contributed by atoms with Gasteiger partial charge in [0.25, 0.3) is 0 Å². The van der Waals surface area contributed by atoms with E-state index in [1.165, 1.54) is 4.90 Å². The second-order valence-electron chi connectivity index (χ2n) is 7.34. The van der Waals surface area contributed by atoms with E-state index in [0.29, 0.717) is 11.4 Å². The normalized spacial score (nSPS) is 21.5. The Labute approximate surface area is 176 Å². The van der Waals surface area contributed by atoms with Crippen LogP contribution < -0.4 is 5.73 Å². The second-order valence-corrected chi connectivity index (χ2v) is 7.34. The van der Waals surface area contributed by atoms with Crippen LogP contribution in [0.25, 0.3) is 6.08 Å². The number of hydrogen-bond acceptors (Lipinski definition) is 6. The number of halogens is 3. The Kier molecular flexibility index (Phi) is 6.25. The molecule has 0 bridgehead atoms. The molecule has 11 heteroatoms. The highest BCUT2D eigenvalue weighted by molar-refractivity contribution is 5.88. The van der Waals surface area contributed by atoms with Crippen LogP contribution in [0.2, 0.25) is 0 Å². The van der Waals surface area contributed by atoms with Crippen molar-refractivity contribution in [2.45, 2.75) is 43.9 Å². The SMILES string of the molecule is C=Cc1cccc2c1CN(C(=O)O[C@@H]1C[C@@H](C(=O)OC)N(C(=O)C(N)C(F)(F)F)C1)C2. The number of alkyl halides is 3. The molecule has 2 heterocycles. The number of carbonyl (C=O) groups excluding carboxylic acids is 3. The number of nitrogens with zero attached hydrogens (tertiary/aromatic N) is 2. The fraction of sp³-hybridized carbons (Fsp3) is 0.450. The number of likely N-dealkylation sites (tertiary alicyclic amines) is 1. The molecule has 0 spiro atoms. The van der Waals surface area contributed by atoms with E-state index in [0.717, 1.165) is 23.8 Å². The van der Waals surface area contributed by atoms with Crippen LogP contribution in [0.15, 0.2) is 24.8 Å². The van der Waals surface area contributed by atoms with Crippen molar-refractivity contribution >= 4 is 24.0 Å². The number of rotatable bonds is 4. The standard InChI is InChI=1S/C20H22F3N3O5/c1-3-11-5-4-6-12-8-25(10-14(11)12)19(29)31-13-7-15(18(28)30-2)26(9-13)17(27)16(24)20(21,22)23/h3-6,13,15-16H,1,7-10,24H2,2H3/t13-,15+,16?/m1/s1. The van der Waals surface area contributed by atoms with Crippen molar-refractivity contribution in [1.82, 2.24) is 9.80 Å². The molecule has 3 rings (SSSR count). The van der Waals surface area contributed by atoms with Crippen LogP contribution in [-0.4, -0.2) is 65.8 Å². The minimum absolute atomic E-state index is 0.187. The molecule has 1 aromatic rings. The number of nitrogens with two attached hydrogens (primary N) is 1. The molecule has 0 aliphatic carbocycles. The van der Waals surface area contributed by atoms with E-state index in [1.807, 2.05) is 18.2 Å². The van der Waals surface area contributed by atoms with Gasteiger partial charge >= 0.3 is 18.2 Å². The van der Waals surface area contributed by atoms with Gasteiger partial charge in [0.1, 0.15) is 12.1 Å². The third-order valence-corrected chi connectivity index (χ3v) is 5.40. The highest BCUT2D eigenvalue weighted by atomic mass is 19.4. The Morgan fingerprint density at radius 3 is 2.61 bits per heavy atom. The van der Waals surface area contributed by atoms with Crippen molar-refractivity contribution in [2.24, 2.45) is 5.73 Å². The molecule has 2 aliphatic rings. The Morgan fingerprint density at radius 2 is 2.00 bits per heavy atom. The molecule has 8 nitrogen and oxygen atoms in total. The molecule has 1 fully saturated rings. The topological polar surface area (TPSA) is 102 Å². The smallest absolute Gasteiger partial charge is 0.412 e. The average molecular weight is 441 g/mol. The summed E-state index contributed by atoms with van der Waals surface area (Å²) in [5.74, 6) is -2.39. The largest absolute Gasteiger partial charge is 0.467 e. The van der Waals surface area contributed by atoms with Crippen LogP contribution in [0.1, 0.15) is 23.1 Å². The van der Waals surface area contributed by atoms with Gasteiger partial charge in [-0.1, -0.05) is 30.9 Å². The van der Waals surface area contributed by atoms with Crippen LogP contribution in [-0.2, 0) is 32.2 Å². The zero-order valence-electron chi connectivity index (χ0n) is 16.7. The first kappa shape index (κ1) is 22.6. The van der Waals surface area contributed by atoms with Crippen LogP contribution in [0, 0.1) is 0 Å². The third-order valence-electron chi connectivity index (χ3n) is 5.40. The summed E-state index contributed by atoms with van der Waals surface area (Å²) in [6.07, 6.45) is -5.17. The van der Waals surface area contributed by atoms with Crippen LogP contribution in [0.4, 0.5) is 18.0 Å². The molecule has 2 N–H and O–H groups in total. The van der Waals surface area contributed by atoms with E-state index in [4.69, 9.17) is 10.5 Å². The first-order chi connectivity index (χ1) is 14.6. The predicted molar refractivity (Wildman–Crippen MR) is 102 cm³/mol. The summed E-state index contributed by atoms with van der Waals surface area (Å²) in [6.45, 7) is 3.93. The summed E-state index contributed by atoms with van der Waals surface area (Å²) in [7, 11) is 1.05. The second kappa shape index (κ2) is 8.58. The zero-order chi connectivity index (χ0) is 22.9. The predicted octanol–water partition coefficient (Wildman–Crippen LogP) is 1.81. The molecule has 31 heavy (non-hydrogen) atoms. The van der Waals surface area contributed by atoms with Crippen LogP contribution >= 0.6 is 0 Å². The quantitative estimate of drug-likeness (QED) is 0.716. The van der Waals surface area contributed by atoms with Gasteiger partial charge < -0.3 is 20.1 Å². The molecule has 0 saturated carbocycles. The number of esters is 1. The van der Waals surface area contributed by atoms with Crippen LogP contribution in [0.3, 0.4) is 0 Å². The maximum Gasteiger partial charge on any atom is 0.412 e. The number of benzene rings is 1. The van der Waals surface area contributed by atoms with Crippen molar-refractivity contribution in [3.05, 3.63) is 41.5 Å². The van der Waals surface area contributed by atoms with Crippen molar-refractivity contribution < 1.29 is 37.0 Å². The van der Waals surface area contributed by atoms with Gasteiger partial charge in [0.2, 0.25) is 5.91 Å². The minimum Gasteiger partial charge on any atom is -0.467 e. The molecule has 1 aromatic carbocycles. The van der Waals surface area contributed by atoms with Gasteiger partial charge in [0.15, 0.2) is 6.04 Å². The Bertz CT molecular complexity index is 905. The number of hydrogen-bond donors (Lipinski definition) is 1. The molecule has 3 atom stereocenters. The minimum atomic E-state index is -4.98. The first-order valence-corrected chi connectivity index (χ1v) is 9.46. The molecule has 1 unspecified atom stereocenters. The monoisotopic (exact) mass is 441 g/mol. The van der Waals surface area contributed by atoms with Gasteiger partial charge in [0.05, 0.1) is 20.2 Å². The number of fused-ring (bicyclic) bond motifs is 1. The molecule has 168 valence electrons. The fourth-order valence-electron chi connectivity index (χ4n) is 3.79. The lowest BCUT2D eigenvalue weighted by Crippen LogP contribution is -2.54. The van der Waals surface area contributed by atoms with Crippen molar-refractivity contribution in [3.63, 3.8) is 0 Å². The van der Waals surface area contributed by atoms with Crippen molar-refractivity contribution in [1.29, 1.82) is 0 Å². The van der Waals surface area contributed by atoms with E-state index in [1.54, 1.807) is 6.08 Å². The fourth-order valence-corrected chi connectivity index (χ4v) is 3.79. The molecular weight excluding hydrogens is 419 g/mol. The van der Waals surface area contributed by atoms with Gasteiger partial charge in [-0.15, -0.1) is 0 Å². The Hall–Kier alpha value is -3.08. The van der Waals surface area contributed by atoms with Gasteiger partial charge in [-0.3, -0.25) is 9.69 Å². The van der Waals surface area contributed by atoms with E-state index in [2.05, 4.69) is 11.3 Å². The van der Waals surface area contributed by atoms with Gasteiger partial charge in [-0.25, -0.2) is 9.59 Å². The summed E-state index contributed by atoms with van der Waals surface area (Å²) in [5.41, 5.74) is 7.76. The lowest BCUT2D eigenvalue weighted by atomic mass is 10.0. The summed E-state index contributed by atoms with van der Waals surface area (Å²) in [4.78, 5) is 39.0. The Balaban J connectivity index is 1.69. The van der Waals surface area contributed by atoms with Crippen molar-refractivity contribution in [3.8, 4) is 0 Å². The summed E-state index contributed by atoms with van der Waals surface area (Å²) in [5, 5.41) is 0. The van der Waals surface area contributed by atoms with Gasteiger partial charge in [0, 0.05) is 13.0 Å². The first-order valence-electron chi connectivity index (χ1n) is 9.46. The highest BCUT2D eigenvalue weighted by Gasteiger charge is 2.50. The number of ether oxygens (including phenoxy) is 2. The van der Waals surface area contributed by atoms with Gasteiger partial charge in [-0.05, 0) is 16.7 Å². The summed E-state index contributed by atoms with van der Waals surface area (Å²) >= 11 is 0. The van der Waals surface area contributed by atoms with E-state index in [9.17, 15) is 27.6 Å². The van der Waals surface area contributed by atoms with Crippen molar-refractivity contribution in [2.75, 3.05) is 13.7 Å². The molecular formula is C20H22F3N3O5. The zero-order valence-corrected chi connectivity index (χ0v) is 16.7. The number of methoxy groups -OCH3 is 1. The molecule has 0 aromatic heterocycles. The Morgan fingerprint density at radius 1 is 1.29 bits per heavy atom. The number of amides is 2. The van der Waals surface area contributed by atoms with E-state index in [-0.39, 0.29) is 13.0 Å². The lowest BCUT2D eigenvalue weighted by molar-refractivity contribution is -0.173. The molecule has 2 aliphatic heterocycles. The summed E-state index contributed by atoms with van der Waals surface area (Å²) < 4.78 is 48.6. The molecule has 2 amide bonds. The maximum absolute atomic E-state index is 12.9. The van der Waals surface area contributed by atoms with E-state index < -0.39 is 48.9 Å². The lowest BCUT2D eigenvalue weighted by Gasteiger charge is -2.26. The third kappa shape index (κ3) is 4.50. The van der Waals surface area contributed by atoms with E-state index >= 15 is 0 Å². The summed E-state index contributed by atoms with van der Waals surface area (Å²) in [6, 6.07) is 1.46. The van der Waals surface area contributed by atoms with Crippen LogP contribution in [0.5, 0.6) is 0 Å². The maximum atomic E-state index is 12.9. The number of carbonyl (C=O) groups is 3. The highest BCUT2D eigenvalue weighted by Crippen LogP contribution is 2.30. The molecule has 1 saturated heterocycles. The van der Waals surface area contributed by atoms with Gasteiger partial charge in [-0.2, -0.15) is 13.2 Å².